The highest BCUT2D eigenvalue weighted by molar-refractivity contribution is 9.11. The third kappa shape index (κ3) is 3.23. The Morgan fingerprint density at radius 2 is 1.62 bits per heavy atom. The molecule has 2 nitrogen and oxygen atoms in total. The van der Waals surface area contributed by atoms with Crippen LogP contribution >= 0.6 is 27.3 Å². The van der Waals surface area contributed by atoms with Crippen molar-refractivity contribution >= 4 is 38.9 Å². The number of benzene rings is 2. The van der Waals surface area contributed by atoms with E-state index in [1.807, 2.05) is 66.7 Å². The average molecular weight is 358 g/mol. The number of amides is 1. The van der Waals surface area contributed by atoms with Crippen molar-refractivity contribution in [3.8, 4) is 11.1 Å². The van der Waals surface area contributed by atoms with Crippen molar-refractivity contribution in [3.63, 3.8) is 0 Å². The number of carbonyl (C=O) groups excluding carboxylic acids is 1. The van der Waals surface area contributed by atoms with Crippen molar-refractivity contribution in [1.29, 1.82) is 0 Å². The lowest BCUT2D eigenvalue weighted by atomic mass is 10.0. The number of rotatable bonds is 3. The molecular formula is C17H12BrNOS. The van der Waals surface area contributed by atoms with Crippen LogP contribution in [0.15, 0.2) is 70.5 Å². The van der Waals surface area contributed by atoms with E-state index in [9.17, 15) is 4.79 Å². The minimum Gasteiger partial charge on any atom is -0.321 e. The highest BCUT2D eigenvalue weighted by Gasteiger charge is 2.11. The van der Waals surface area contributed by atoms with Crippen LogP contribution in [0.4, 0.5) is 5.69 Å². The standard InChI is InChI=1S/C17H12BrNOS/c18-16-11-10-15(21-16)17(20)19-14-9-5-4-8-13(14)12-6-2-1-3-7-12/h1-11H,(H,19,20). The quantitative estimate of drug-likeness (QED) is 0.665. The van der Waals surface area contributed by atoms with Crippen molar-refractivity contribution in [1.82, 2.24) is 0 Å². The molecule has 2 aromatic carbocycles. The Kier molecular flexibility index (Phi) is 4.18. The maximum absolute atomic E-state index is 12.3. The molecule has 1 aromatic heterocycles. The molecule has 1 amide bonds. The largest absolute Gasteiger partial charge is 0.321 e. The predicted molar refractivity (Wildman–Crippen MR) is 91.9 cm³/mol. The first-order valence-corrected chi connectivity index (χ1v) is 8.06. The van der Waals surface area contributed by atoms with E-state index in [0.29, 0.717) is 4.88 Å². The molecule has 3 rings (SSSR count). The van der Waals surface area contributed by atoms with Gasteiger partial charge in [0.25, 0.3) is 5.91 Å². The van der Waals surface area contributed by atoms with Gasteiger partial charge in [0.05, 0.1) is 8.66 Å². The second-order valence-corrected chi connectivity index (χ2v) is 6.93. The lowest BCUT2D eigenvalue weighted by Gasteiger charge is -2.10. The summed E-state index contributed by atoms with van der Waals surface area (Å²) in [6.45, 7) is 0. The fourth-order valence-electron chi connectivity index (χ4n) is 2.08. The topological polar surface area (TPSA) is 29.1 Å². The molecule has 21 heavy (non-hydrogen) atoms. The van der Waals surface area contributed by atoms with E-state index in [2.05, 4.69) is 21.2 Å². The Bertz CT molecular complexity index is 767. The summed E-state index contributed by atoms with van der Waals surface area (Å²) in [5.74, 6) is -0.0888. The Morgan fingerprint density at radius 3 is 2.33 bits per heavy atom. The van der Waals surface area contributed by atoms with E-state index in [-0.39, 0.29) is 5.91 Å². The highest BCUT2D eigenvalue weighted by Crippen LogP contribution is 2.29. The number of halogens is 1. The maximum Gasteiger partial charge on any atom is 0.265 e. The van der Waals surface area contributed by atoms with Crippen LogP contribution < -0.4 is 5.32 Å². The van der Waals surface area contributed by atoms with Crippen LogP contribution in [-0.2, 0) is 0 Å². The molecule has 0 aliphatic carbocycles. The zero-order valence-corrected chi connectivity index (χ0v) is 13.4. The van der Waals surface area contributed by atoms with Gasteiger partial charge in [0, 0.05) is 11.3 Å². The Hall–Kier alpha value is -1.91. The molecular weight excluding hydrogens is 346 g/mol. The molecule has 0 saturated heterocycles. The molecule has 0 spiro atoms. The van der Waals surface area contributed by atoms with Crippen LogP contribution in [0.1, 0.15) is 9.67 Å². The third-order valence-corrected chi connectivity index (χ3v) is 4.68. The number of carbonyl (C=O) groups is 1. The van der Waals surface area contributed by atoms with E-state index in [4.69, 9.17) is 0 Å². The van der Waals surface area contributed by atoms with Crippen molar-refractivity contribution in [2.75, 3.05) is 5.32 Å². The summed E-state index contributed by atoms with van der Waals surface area (Å²) in [7, 11) is 0. The second kappa shape index (κ2) is 6.24. The maximum atomic E-state index is 12.3. The first-order valence-electron chi connectivity index (χ1n) is 6.45. The SMILES string of the molecule is O=C(Nc1ccccc1-c1ccccc1)c1ccc(Br)s1. The van der Waals surface area contributed by atoms with Crippen LogP contribution in [0.2, 0.25) is 0 Å². The van der Waals surface area contributed by atoms with E-state index in [1.165, 1.54) is 11.3 Å². The number of thiophene rings is 1. The molecule has 3 aromatic rings. The molecule has 0 aliphatic heterocycles. The van der Waals surface area contributed by atoms with Gasteiger partial charge in [-0.1, -0.05) is 48.5 Å². The van der Waals surface area contributed by atoms with Gasteiger partial charge in [0.2, 0.25) is 0 Å². The second-order valence-electron chi connectivity index (χ2n) is 4.47. The van der Waals surface area contributed by atoms with Gasteiger partial charge in [-0.3, -0.25) is 4.79 Å². The third-order valence-electron chi connectivity index (χ3n) is 3.06. The van der Waals surface area contributed by atoms with E-state index >= 15 is 0 Å². The summed E-state index contributed by atoms with van der Waals surface area (Å²) < 4.78 is 0.948. The summed E-state index contributed by atoms with van der Waals surface area (Å²) in [5.41, 5.74) is 2.92. The number of hydrogen-bond acceptors (Lipinski definition) is 2. The van der Waals surface area contributed by atoms with E-state index in [1.54, 1.807) is 0 Å². The molecule has 4 heteroatoms. The smallest absolute Gasteiger partial charge is 0.265 e. The number of hydrogen-bond donors (Lipinski definition) is 1. The fraction of sp³-hybridized carbons (Fsp3) is 0. The summed E-state index contributed by atoms with van der Waals surface area (Å²) in [4.78, 5) is 13.0. The normalized spacial score (nSPS) is 10.3. The van der Waals surface area contributed by atoms with Gasteiger partial charge in [0.15, 0.2) is 0 Å². The van der Waals surface area contributed by atoms with Gasteiger partial charge in [-0.15, -0.1) is 11.3 Å². The van der Waals surface area contributed by atoms with Gasteiger partial charge >= 0.3 is 0 Å². The number of para-hydroxylation sites is 1. The highest BCUT2D eigenvalue weighted by atomic mass is 79.9. The molecule has 0 aliphatic rings. The molecule has 0 saturated carbocycles. The van der Waals surface area contributed by atoms with Crippen LogP contribution in [-0.4, -0.2) is 5.91 Å². The average Bonchev–Trinajstić information content (AvgIpc) is 2.95. The lowest BCUT2D eigenvalue weighted by molar-refractivity contribution is 0.103. The van der Waals surface area contributed by atoms with Crippen molar-refractivity contribution in [3.05, 3.63) is 75.4 Å². The van der Waals surface area contributed by atoms with Crippen LogP contribution in [0.3, 0.4) is 0 Å². The summed E-state index contributed by atoms with van der Waals surface area (Å²) in [6, 6.07) is 21.5. The molecule has 0 fully saturated rings. The molecule has 0 bridgehead atoms. The van der Waals surface area contributed by atoms with Crippen molar-refractivity contribution < 1.29 is 4.79 Å². The minimum atomic E-state index is -0.0888. The monoisotopic (exact) mass is 357 g/mol. The molecule has 1 N–H and O–H groups in total. The predicted octanol–water partition coefficient (Wildman–Crippen LogP) is 5.43. The van der Waals surface area contributed by atoms with Gasteiger partial charge < -0.3 is 5.32 Å². The molecule has 1 heterocycles. The zero-order valence-electron chi connectivity index (χ0n) is 11.0. The van der Waals surface area contributed by atoms with E-state index < -0.39 is 0 Å². The number of nitrogens with one attached hydrogen (secondary N) is 1. The van der Waals surface area contributed by atoms with Crippen LogP contribution in [0, 0.1) is 0 Å². The van der Waals surface area contributed by atoms with Gasteiger partial charge in [-0.25, -0.2) is 0 Å². The molecule has 104 valence electrons. The summed E-state index contributed by atoms with van der Waals surface area (Å²) in [6.07, 6.45) is 0. The van der Waals surface area contributed by atoms with E-state index in [0.717, 1.165) is 20.6 Å². The van der Waals surface area contributed by atoms with Gasteiger partial charge in [-0.2, -0.15) is 0 Å². The summed E-state index contributed by atoms with van der Waals surface area (Å²) in [5, 5.41) is 2.99. The van der Waals surface area contributed by atoms with Crippen LogP contribution in [0.25, 0.3) is 11.1 Å². The minimum absolute atomic E-state index is 0.0888. The zero-order chi connectivity index (χ0) is 14.7. The first-order chi connectivity index (χ1) is 10.2. The first kappa shape index (κ1) is 14.0. The number of anilines is 1. The van der Waals surface area contributed by atoms with Crippen LogP contribution in [0.5, 0.6) is 0 Å². The lowest BCUT2D eigenvalue weighted by Crippen LogP contribution is -2.10. The summed E-state index contributed by atoms with van der Waals surface area (Å²) >= 11 is 4.80. The van der Waals surface area contributed by atoms with Gasteiger partial charge in [0.1, 0.15) is 0 Å². The molecule has 0 atom stereocenters. The van der Waals surface area contributed by atoms with Gasteiger partial charge in [-0.05, 0) is 39.7 Å². The Morgan fingerprint density at radius 1 is 0.905 bits per heavy atom. The fourth-order valence-corrected chi connectivity index (χ4v) is 3.36. The molecule has 0 radical (unpaired) electrons. The Labute approximate surface area is 135 Å². The molecule has 0 unspecified atom stereocenters. The Balaban J connectivity index is 1.91. The van der Waals surface area contributed by atoms with Crippen molar-refractivity contribution in [2.45, 2.75) is 0 Å². The van der Waals surface area contributed by atoms with Crippen molar-refractivity contribution in [2.24, 2.45) is 0 Å².